The molecular weight excluding hydrogens is 344 g/mol. The Kier molecular flexibility index (Phi) is 3.81. The number of hydrogen-bond donors (Lipinski definition) is 1. The number of primary amides is 1. The Morgan fingerprint density at radius 2 is 1.70 bits per heavy atom. The molecule has 2 saturated carbocycles. The summed E-state index contributed by atoms with van der Waals surface area (Å²) < 4.78 is 11.4. The van der Waals surface area contributed by atoms with E-state index in [4.69, 9.17) is 14.7 Å². The van der Waals surface area contributed by atoms with E-state index in [2.05, 4.69) is 15.4 Å². The predicted molar refractivity (Wildman–Crippen MR) is 96.1 cm³/mol. The number of rotatable bonds is 5. The molecule has 2 fully saturated rings. The lowest BCUT2D eigenvalue weighted by Crippen LogP contribution is -2.24. The second-order valence-electron chi connectivity index (χ2n) is 7.48. The molecule has 2 heterocycles. The van der Waals surface area contributed by atoms with Crippen LogP contribution in [0.25, 0.3) is 11.3 Å². The van der Waals surface area contributed by atoms with Crippen molar-refractivity contribution in [3.63, 3.8) is 0 Å². The Morgan fingerprint density at radius 3 is 2.33 bits per heavy atom. The van der Waals surface area contributed by atoms with E-state index in [1.807, 2.05) is 30.3 Å². The van der Waals surface area contributed by atoms with Crippen molar-refractivity contribution in [3.05, 3.63) is 53.4 Å². The van der Waals surface area contributed by atoms with Crippen LogP contribution < -0.4 is 5.73 Å². The van der Waals surface area contributed by atoms with Crippen molar-refractivity contribution in [3.8, 4) is 11.3 Å². The molecule has 0 atom stereocenters. The maximum absolute atomic E-state index is 11.8. The molecule has 2 N–H and O–H groups in total. The highest BCUT2D eigenvalue weighted by Gasteiger charge is 2.40. The lowest BCUT2D eigenvalue weighted by Gasteiger charge is -2.33. The predicted octanol–water partition coefficient (Wildman–Crippen LogP) is 3.75. The van der Waals surface area contributed by atoms with Gasteiger partial charge in [0.2, 0.25) is 11.8 Å². The Bertz CT molecular complexity index is 968. The zero-order chi connectivity index (χ0) is 18.4. The zero-order valence-electron chi connectivity index (χ0n) is 14.8. The number of carbonyl (C=O) groups is 1. The Morgan fingerprint density at radius 1 is 1.00 bits per heavy atom. The number of nitrogens with two attached hydrogens (primary N) is 1. The molecule has 1 aromatic carbocycles. The highest BCUT2D eigenvalue weighted by molar-refractivity contribution is 5.94. The van der Waals surface area contributed by atoms with Crippen molar-refractivity contribution in [2.45, 2.75) is 49.9 Å². The van der Waals surface area contributed by atoms with Gasteiger partial charge in [-0.3, -0.25) is 4.79 Å². The van der Waals surface area contributed by atoms with Crippen LogP contribution in [0.15, 0.2) is 39.3 Å². The minimum absolute atomic E-state index is 0.137. The molecule has 7 nitrogen and oxygen atoms in total. The fourth-order valence-electron chi connectivity index (χ4n) is 3.94. The zero-order valence-corrected chi connectivity index (χ0v) is 14.8. The summed E-state index contributed by atoms with van der Waals surface area (Å²) in [4.78, 5) is 11.8. The lowest BCUT2D eigenvalue weighted by molar-refractivity contribution is 0.0989. The molecule has 3 aromatic rings. The average Bonchev–Trinajstić information content (AvgIpc) is 3.21. The van der Waals surface area contributed by atoms with E-state index in [-0.39, 0.29) is 17.5 Å². The average molecular weight is 364 g/mol. The molecular formula is C20H20N4O3. The van der Waals surface area contributed by atoms with Gasteiger partial charge in [-0.25, -0.2) is 0 Å². The van der Waals surface area contributed by atoms with Gasteiger partial charge < -0.3 is 14.7 Å². The first-order valence-corrected chi connectivity index (χ1v) is 9.38. The molecule has 138 valence electrons. The van der Waals surface area contributed by atoms with Gasteiger partial charge >= 0.3 is 0 Å². The first-order chi connectivity index (χ1) is 13.2. The molecule has 0 aliphatic heterocycles. The van der Waals surface area contributed by atoms with Crippen LogP contribution in [0.4, 0.5) is 0 Å². The quantitative estimate of drug-likeness (QED) is 0.738. The molecule has 2 aliphatic rings. The highest BCUT2D eigenvalue weighted by Crippen LogP contribution is 2.51. The molecule has 1 amide bonds. The van der Waals surface area contributed by atoms with Gasteiger partial charge in [0.05, 0.1) is 0 Å². The van der Waals surface area contributed by atoms with Gasteiger partial charge in [-0.1, -0.05) is 41.9 Å². The Hall–Kier alpha value is -2.96. The van der Waals surface area contributed by atoms with Crippen molar-refractivity contribution in [2.24, 2.45) is 5.73 Å². The van der Waals surface area contributed by atoms with Crippen molar-refractivity contribution in [2.75, 3.05) is 0 Å². The van der Waals surface area contributed by atoms with Crippen LogP contribution in [0.2, 0.25) is 0 Å². The molecule has 27 heavy (non-hydrogen) atoms. The van der Waals surface area contributed by atoms with Crippen LogP contribution in [-0.4, -0.2) is 21.3 Å². The summed E-state index contributed by atoms with van der Waals surface area (Å²) in [6, 6.07) is 9.66. The van der Waals surface area contributed by atoms with Crippen molar-refractivity contribution < 1.29 is 13.7 Å². The summed E-state index contributed by atoms with van der Waals surface area (Å²) in [5.41, 5.74) is 7.43. The van der Waals surface area contributed by atoms with E-state index < -0.39 is 5.91 Å². The molecule has 0 spiro atoms. The van der Waals surface area contributed by atoms with Crippen molar-refractivity contribution in [1.82, 2.24) is 15.4 Å². The van der Waals surface area contributed by atoms with Crippen LogP contribution in [0.5, 0.6) is 0 Å². The van der Waals surface area contributed by atoms with E-state index in [1.54, 1.807) is 0 Å². The van der Waals surface area contributed by atoms with E-state index in [9.17, 15) is 4.79 Å². The van der Waals surface area contributed by atoms with Crippen LogP contribution in [0.3, 0.4) is 0 Å². The fraction of sp³-hybridized carbons (Fsp3) is 0.400. The second-order valence-corrected chi connectivity index (χ2v) is 7.48. The Balaban J connectivity index is 1.39. The van der Waals surface area contributed by atoms with Crippen LogP contribution in [0.1, 0.15) is 77.7 Å². The Labute approximate surface area is 155 Å². The minimum Gasteiger partial charge on any atom is -0.425 e. The topological polar surface area (TPSA) is 108 Å². The van der Waals surface area contributed by atoms with E-state index in [1.165, 1.54) is 6.42 Å². The largest absolute Gasteiger partial charge is 0.425 e. The molecule has 0 radical (unpaired) electrons. The summed E-state index contributed by atoms with van der Waals surface area (Å²) in [5.74, 6) is 2.30. The molecule has 5 rings (SSSR count). The summed E-state index contributed by atoms with van der Waals surface area (Å²) >= 11 is 0. The van der Waals surface area contributed by atoms with Crippen LogP contribution >= 0.6 is 0 Å². The smallest absolute Gasteiger partial charge is 0.271 e. The fourth-order valence-corrected chi connectivity index (χ4v) is 3.94. The van der Waals surface area contributed by atoms with E-state index in [0.29, 0.717) is 17.6 Å². The van der Waals surface area contributed by atoms with Crippen molar-refractivity contribution >= 4 is 5.91 Å². The molecule has 0 bridgehead atoms. The summed E-state index contributed by atoms with van der Waals surface area (Å²) in [6.45, 7) is 0. The first-order valence-electron chi connectivity index (χ1n) is 9.38. The maximum Gasteiger partial charge on any atom is 0.271 e. The SMILES string of the molecule is NC(=O)c1noc(-c2ccccc2)c1C1CC(c2nnc(C3CCC3)o2)C1. The van der Waals surface area contributed by atoms with Gasteiger partial charge in [-0.15, -0.1) is 10.2 Å². The normalized spacial score (nSPS) is 22.2. The monoisotopic (exact) mass is 364 g/mol. The third kappa shape index (κ3) is 2.74. The second kappa shape index (κ2) is 6.33. The molecule has 0 unspecified atom stereocenters. The van der Waals surface area contributed by atoms with E-state index in [0.717, 1.165) is 42.7 Å². The van der Waals surface area contributed by atoms with E-state index >= 15 is 0 Å². The number of aromatic nitrogens is 3. The number of hydrogen-bond acceptors (Lipinski definition) is 6. The third-order valence-corrected chi connectivity index (χ3v) is 5.80. The number of nitrogens with zero attached hydrogens (tertiary/aromatic N) is 3. The molecule has 2 aromatic heterocycles. The summed E-state index contributed by atoms with van der Waals surface area (Å²) in [7, 11) is 0. The van der Waals surface area contributed by atoms with Crippen LogP contribution in [0, 0.1) is 0 Å². The standard InChI is InChI=1S/C20H20N4O3/c21-18(25)16-15(17(27-24-16)11-5-2-1-3-6-11)13-9-14(10-13)20-23-22-19(26-20)12-7-4-8-12/h1-3,5-6,12-14H,4,7-10H2,(H2,21,25). The van der Waals surface area contributed by atoms with Gasteiger partial charge in [0.1, 0.15) is 0 Å². The number of amides is 1. The van der Waals surface area contributed by atoms with Gasteiger partial charge in [0.15, 0.2) is 11.5 Å². The number of benzene rings is 1. The van der Waals surface area contributed by atoms with Gasteiger partial charge in [-0.2, -0.15) is 0 Å². The molecule has 0 saturated heterocycles. The van der Waals surface area contributed by atoms with Crippen molar-refractivity contribution in [1.29, 1.82) is 0 Å². The van der Waals surface area contributed by atoms with Gasteiger partial charge in [0, 0.05) is 23.0 Å². The first kappa shape index (κ1) is 16.2. The number of carbonyl (C=O) groups excluding carboxylic acids is 1. The lowest BCUT2D eigenvalue weighted by atomic mass is 9.70. The minimum atomic E-state index is -0.565. The molecule has 7 heteroatoms. The van der Waals surface area contributed by atoms with Gasteiger partial charge in [-0.05, 0) is 31.6 Å². The molecule has 2 aliphatic carbocycles. The maximum atomic E-state index is 11.8. The summed E-state index contributed by atoms with van der Waals surface area (Å²) in [6.07, 6.45) is 5.14. The highest BCUT2D eigenvalue weighted by atomic mass is 16.5. The third-order valence-electron chi connectivity index (χ3n) is 5.80. The van der Waals surface area contributed by atoms with Crippen LogP contribution in [-0.2, 0) is 0 Å². The summed E-state index contributed by atoms with van der Waals surface area (Å²) in [5, 5.41) is 12.4. The van der Waals surface area contributed by atoms with Gasteiger partial charge in [0.25, 0.3) is 5.91 Å².